The standard InChI is InChI=1S/C58H80N2O/c1-13-56(10,11)55-60-59-54(61-55)46-24-22-44(23-25-46)47-28-32-50-51-33-29-48(45-26-30-49(31-27-45)57(12,14-2)15-3)39-53(51)58(52(50)38-47,36-34-42(8)20-16-18-40(4)5)37-35-43(9)21-17-19-41(6)7/h22-33,38-43H,13-21,34-37H2,1-12H3. The summed E-state index contributed by atoms with van der Waals surface area (Å²) in [6.45, 7) is 28.1. The zero-order valence-corrected chi connectivity index (χ0v) is 40.4. The lowest BCUT2D eigenvalue weighted by atomic mass is 9.68. The summed E-state index contributed by atoms with van der Waals surface area (Å²) in [7, 11) is 0. The van der Waals surface area contributed by atoms with Crippen molar-refractivity contribution in [1.29, 1.82) is 0 Å². The smallest absolute Gasteiger partial charge is 0.247 e. The van der Waals surface area contributed by atoms with Crippen LogP contribution in [0.5, 0.6) is 0 Å². The van der Waals surface area contributed by atoms with Gasteiger partial charge < -0.3 is 4.42 Å². The molecule has 3 nitrogen and oxygen atoms in total. The largest absolute Gasteiger partial charge is 0.420 e. The Morgan fingerprint density at radius 1 is 0.508 bits per heavy atom. The van der Waals surface area contributed by atoms with Crippen molar-refractivity contribution in [1.82, 2.24) is 10.2 Å². The van der Waals surface area contributed by atoms with E-state index in [-0.39, 0.29) is 16.2 Å². The van der Waals surface area contributed by atoms with Crippen LogP contribution in [0.25, 0.3) is 44.8 Å². The normalized spacial score (nSPS) is 16.3. The van der Waals surface area contributed by atoms with Crippen molar-refractivity contribution in [3.8, 4) is 44.8 Å². The minimum absolute atomic E-state index is 0.0512. The number of hydrogen-bond acceptors (Lipinski definition) is 3. The predicted molar refractivity (Wildman–Crippen MR) is 262 cm³/mol. The molecule has 0 aliphatic heterocycles. The Labute approximate surface area is 372 Å². The van der Waals surface area contributed by atoms with Gasteiger partial charge in [0.2, 0.25) is 11.8 Å². The molecule has 0 fully saturated rings. The van der Waals surface area contributed by atoms with Gasteiger partial charge >= 0.3 is 0 Å². The maximum atomic E-state index is 6.21. The molecule has 0 amide bonds. The van der Waals surface area contributed by atoms with Gasteiger partial charge in [-0.1, -0.05) is 182 Å². The summed E-state index contributed by atoms with van der Waals surface area (Å²) < 4.78 is 6.21. The second-order valence-electron chi connectivity index (χ2n) is 21.1. The topological polar surface area (TPSA) is 38.9 Å². The Hall–Kier alpha value is -3.98. The van der Waals surface area contributed by atoms with E-state index in [0.29, 0.717) is 23.6 Å². The zero-order chi connectivity index (χ0) is 44.0. The van der Waals surface area contributed by atoms with Crippen molar-refractivity contribution < 1.29 is 4.42 Å². The lowest BCUT2D eigenvalue weighted by molar-refractivity contribution is 0.327. The first kappa shape index (κ1) is 46.5. The van der Waals surface area contributed by atoms with Crippen molar-refractivity contribution in [2.75, 3.05) is 0 Å². The first-order valence-corrected chi connectivity index (χ1v) is 24.5. The zero-order valence-electron chi connectivity index (χ0n) is 40.4. The third-order valence-corrected chi connectivity index (χ3v) is 15.3. The number of rotatable bonds is 22. The van der Waals surface area contributed by atoms with E-state index in [4.69, 9.17) is 4.42 Å². The molecule has 1 heterocycles. The number of aromatic nitrogens is 2. The molecular weight excluding hydrogens is 741 g/mol. The van der Waals surface area contributed by atoms with Crippen LogP contribution in [0.4, 0.5) is 0 Å². The molecule has 1 aliphatic carbocycles. The maximum Gasteiger partial charge on any atom is 0.247 e. The molecule has 0 spiro atoms. The second kappa shape index (κ2) is 20.0. The van der Waals surface area contributed by atoms with Crippen LogP contribution < -0.4 is 0 Å². The van der Waals surface area contributed by atoms with E-state index in [1.165, 1.54) is 109 Å². The first-order valence-electron chi connectivity index (χ1n) is 24.5. The lowest BCUT2D eigenvalue weighted by Crippen LogP contribution is -2.27. The van der Waals surface area contributed by atoms with Crippen LogP contribution in [-0.2, 0) is 16.2 Å². The molecule has 2 atom stereocenters. The van der Waals surface area contributed by atoms with E-state index in [2.05, 4.69) is 178 Å². The number of benzene rings is 4. The highest BCUT2D eigenvalue weighted by molar-refractivity contribution is 5.86. The summed E-state index contributed by atoms with van der Waals surface area (Å²) >= 11 is 0. The van der Waals surface area contributed by atoms with Crippen molar-refractivity contribution in [2.45, 2.75) is 183 Å². The minimum atomic E-state index is -0.145. The average Bonchev–Trinajstić information content (AvgIpc) is 3.87. The van der Waals surface area contributed by atoms with E-state index in [1.54, 1.807) is 5.56 Å². The molecule has 1 aliphatic rings. The van der Waals surface area contributed by atoms with Crippen LogP contribution >= 0.6 is 0 Å². The summed E-state index contributed by atoms with van der Waals surface area (Å²) in [5.41, 5.74) is 13.5. The molecule has 3 heteroatoms. The minimum Gasteiger partial charge on any atom is -0.420 e. The quantitative estimate of drug-likeness (QED) is 0.0698. The van der Waals surface area contributed by atoms with E-state index < -0.39 is 0 Å². The van der Waals surface area contributed by atoms with Gasteiger partial charge in [-0.2, -0.15) is 0 Å². The highest BCUT2D eigenvalue weighted by atomic mass is 16.4. The van der Waals surface area contributed by atoms with Gasteiger partial charge in [0.15, 0.2) is 0 Å². The summed E-state index contributed by atoms with van der Waals surface area (Å²) in [4.78, 5) is 0. The monoisotopic (exact) mass is 821 g/mol. The Kier molecular flexibility index (Phi) is 15.3. The van der Waals surface area contributed by atoms with Gasteiger partial charge in [-0.25, -0.2) is 0 Å². The van der Waals surface area contributed by atoms with Crippen LogP contribution in [0.1, 0.15) is 189 Å². The molecule has 328 valence electrons. The number of hydrogen-bond donors (Lipinski definition) is 0. The first-order chi connectivity index (χ1) is 29.1. The third-order valence-electron chi connectivity index (χ3n) is 15.3. The molecule has 0 bridgehead atoms. The average molecular weight is 821 g/mol. The van der Waals surface area contributed by atoms with Gasteiger partial charge in [-0.05, 0) is 148 Å². The number of fused-ring (bicyclic) bond motifs is 3. The van der Waals surface area contributed by atoms with Crippen LogP contribution in [0, 0.1) is 23.7 Å². The third kappa shape index (κ3) is 10.6. The van der Waals surface area contributed by atoms with Gasteiger partial charge in [-0.15, -0.1) is 10.2 Å². The molecule has 61 heavy (non-hydrogen) atoms. The van der Waals surface area contributed by atoms with E-state index >= 15 is 0 Å². The van der Waals surface area contributed by atoms with Crippen molar-refractivity contribution in [2.24, 2.45) is 23.7 Å². The molecular formula is C58H80N2O. The summed E-state index contributed by atoms with van der Waals surface area (Å²) in [5, 5.41) is 8.88. The highest BCUT2D eigenvalue weighted by Crippen LogP contribution is 2.56. The summed E-state index contributed by atoms with van der Waals surface area (Å²) in [5.74, 6) is 4.20. The van der Waals surface area contributed by atoms with Gasteiger partial charge in [0.1, 0.15) is 0 Å². The second-order valence-corrected chi connectivity index (χ2v) is 21.1. The molecule has 0 radical (unpaired) electrons. The highest BCUT2D eigenvalue weighted by Gasteiger charge is 2.43. The molecule has 5 aromatic rings. The SMILES string of the molecule is CCC(C)(C)c1nnc(-c2ccc(-c3ccc4c(c3)C(CCC(C)CCCC(C)C)(CCC(C)CCCC(C)C)c3cc(-c5ccc(C(C)(CC)CC)cc5)ccc3-4)cc2)o1. The van der Waals surface area contributed by atoms with Gasteiger partial charge in [-0.3, -0.25) is 0 Å². The predicted octanol–water partition coefficient (Wildman–Crippen LogP) is 17.6. The molecule has 0 saturated heterocycles. The van der Waals surface area contributed by atoms with Crippen molar-refractivity contribution in [3.63, 3.8) is 0 Å². The molecule has 6 rings (SSSR count). The van der Waals surface area contributed by atoms with Gasteiger partial charge in [0.25, 0.3) is 0 Å². The maximum absolute atomic E-state index is 6.21. The fourth-order valence-corrected chi connectivity index (χ4v) is 9.83. The fraction of sp³-hybridized carbons (Fsp3) is 0.552. The Bertz CT molecular complexity index is 2120. The Morgan fingerprint density at radius 2 is 0.951 bits per heavy atom. The molecule has 0 N–H and O–H groups in total. The van der Waals surface area contributed by atoms with Crippen molar-refractivity contribution >= 4 is 0 Å². The molecule has 2 unspecified atom stereocenters. The number of nitrogens with zero attached hydrogens (tertiary/aromatic N) is 2. The van der Waals surface area contributed by atoms with Crippen LogP contribution in [0.15, 0.2) is 89.3 Å². The fourth-order valence-electron chi connectivity index (χ4n) is 9.83. The van der Waals surface area contributed by atoms with Gasteiger partial charge in [0.05, 0.1) is 0 Å². The van der Waals surface area contributed by atoms with Crippen LogP contribution in [0.2, 0.25) is 0 Å². The van der Waals surface area contributed by atoms with E-state index in [0.717, 1.165) is 36.7 Å². The molecule has 1 aromatic heterocycles. The van der Waals surface area contributed by atoms with E-state index in [9.17, 15) is 0 Å². The van der Waals surface area contributed by atoms with Crippen LogP contribution in [-0.4, -0.2) is 10.2 Å². The van der Waals surface area contributed by atoms with E-state index in [1.807, 2.05) is 0 Å². The summed E-state index contributed by atoms with van der Waals surface area (Å²) in [6, 6.07) is 33.2. The Morgan fingerprint density at radius 3 is 1.39 bits per heavy atom. The summed E-state index contributed by atoms with van der Waals surface area (Å²) in [6.07, 6.45) is 16.0. The van der Waals surface area contributed by atoms with Gasteiger partial charge in [0, 0.05) is 16.4 Å². The Balaban J connectivity index is 1.42. The molecule has 0 saturated carbocycles. The van der Waals surface area contributed by atoms with Crippen molar-refractivity contribution in [3.05, 3.63) is 108 Å². The van der Waals surface area contributed by atoms with Crippen LogP contribution in [0.3, 0.4) is 0 Å². The molecule has 4 aromatic carbocycles. The lowest BCUT2D eigenvalue weighted by Gasteiger charge is -2.35.